The number of ether oxygens (including phenoxy) is 1. The third-order valence-electron chi connectivity index (χ3n) is 5.01. The standard InChI is InChI=1S/C21H36O3Si/c1-7-11-19(22)16-20(23-17-18-12-9-8-10-13-18)14-15-24-25(5,6)21(2,3)4/h7-10,12-13,19-20,22H,1,11,14-17H2,2-6H3/t19-,20-/m0/s1. The molecule has 1 aromatic carbocycles. The van der Waals surface area contributed by atoms with Crippen LogP contribution < -0.4 is 0 Å². The van der Waals surface area contributed by atoms with E-state index in [9.17, 15) is 5.11 Å². The SMILES string of the molecule is C=CC[C@H](O)C[C@H](CCO[Si](C)(C)C(C)(C)C)OCc1ccccc1. The molecule has 3 nitrogen and oxygen atoms in total. The molecular weight excluding hydrogens is 328 g/mol. The van der Waals surface area contributed by atoms with Gasteiger partial charge in [0.1, 0.15) is 0 Å². The minimum absolute atomic E-state index is 0.0140. The van der Waals surface area contributed by atoms with E-state index in [1.165, 1.54) is 0 Å². The van der Waals surface area contributed by atoms with E-state index in [1.807, 2.05) is 18.2 Å². The van der Waals surface area contributed by atoms with Crippen LogP contribution >= 0.6 is 0 Å². The zero-order valence-electron chi connectivity index (χ0n) is 16.6. The van der Waals surface area contributed by atoms with Crippen LogP contribution in [-0.2, 0) is 15.8 Å². The first-order chi connectivity index (χ1) is 11.7. The van der Waals surface area contributed by atoms with Crippen LogP contribution in [0.4, 0.5) is 0 Å². The van der Waals surface area contributed by atoms with Gasteiger partial charge in [0.05, 0.1) is 18.8 Å². The maximum absolute atomic E-state index is 10.1. The highest BCUT2D eigenvalue weighted by atomic mass is 28.4. The molecule has 0 spiro atoms. The minimum atomic E-state index is -1.75. The second-order valence-corrected chi connectivity index (χ2v) is 13.0. The van der Waals surface area contributed by atoms with Gasteiger partial charge in [-0.3, -0.25) is 0 Å². The minimum Gasteiger partial charge on any atom is -0.417 e. The van der Waals surface area contributed by atoms with Crippen molar-refractivity contribution in [2.75, 3.05) is 6.61 Å². The van der Waals surface area contributed by atoms with Gasteiger partial charge in [-0.1, -0.05) is 57.2 Å². The van der Waals surface area contributed by atoms with Crippen molar-refractivity contribution in [2.24, 2.45) is 0 Å². The van der Waals surface area contributed by atoms with Crippen molar-refractivity contribution < 1.29 is 14.3 Å². The second-order valence-electron chi connectivity index (χ2n) is 8.23. The van der Waals surface area contributed by atoms with Gasteiger partial charge in [0.2, 0.25) is 0 Å². The van der Waals surface area contributed by atoms with Gasteiger partial charge in [0, 0.05) is 6.61 Å². The van der Waals surface area contributed by atoms with Gasteiger partial charge >= 0.3 is 0 Å². The predicted molar refractivity (Wildman–Crippen MR) is 108 cm³/mol. The van der Waals surface area contributed by atoms with Crippen LogP contribution in [0.5, 0.6) is 0 Å². The molecule has 0 saturated carbocycles. The molecule has 0 heterocycles. The zero-order valence-corrected chi connectivity index (χ0v) is 17.6. The van der Waals surface area contributed by atoms with Crippen LogP contribution in [0.3, 0.4) is 0 Å². The Morgan fingerprint density at radius 1 is 1.20 bits per heavy atom. The lowest BCUT2D eigenvalue weighted by Gasteiger charge is -2.36. The number of hydrogen-bond acceptors (Lipinski definition) is 3. The molecule has 142 valence electrons. The number of aliphatic hydroxyl groups is 1. The molecular formula is C21H36O3Si. The number of rotatable bonds is 11. The molecule has 1 N–H and O–H groups in total. The summed E-state index contributed by atoms with van der Waals surface area (Å²) in [6.45, 7) is 16.2. The smallest absolute Gasteiger partial charge is 0.191 e. The van der Waals surface area contributed by atoms with Crippen molar-refractivity contribution in [2.45, 2.75) is 77.0 Å². The fourth-order valence-corrected chi connectivity index (χ4v) is 3.37. The molecule has 1 aromatic rings. The molecule has 0 radical (unpaired) electrons. The molecule has 0 saturated heterocycles. The van der Waals surface area contributed by atoms with Gasteiger partial charge in [-0.25, -0.2) is 0 Å². The highest BCUT2D eigenvalue weighted by Gasteiger charge is 2.37. The van der Waals surface area contributed by atoms with Crippen molar-refractivity contribution >= 4 is 8.32 Å². The highest BCUT2D eigenvalue weighted by Crippen LogP contribution is 2.36. The molecule has 0 unspecified atom stereocenters. The molecule has 0 amide bonds. The average Bonchev–Trinajstić information content (AvgIpc) is 2.52. The summed E-state index contributed by atoms with van der Waals surface area (Å²) in [4.78, 5) is 0. The van der Waals surface area contributed by atoms with Crippen molar-refractivity contribution in [3.8, 4) is 0 Å². The second kappa shape index (κ2) is 10.3. The van der Waals surface area contributed by atoms with Crippen molar-refractivity contribution in [3.63, 3.8) is 0 Å². The van der Waals surface area contributed by atoms with Crippen molar-refractivity contribution in [1.29, 1.82) is 0 Å². The Morgan fingerprint density at radius 3 is 2.40 bits per heavy atom. The quantitative estimate of drug-likeness (QED) is 0.427. The topological polar surface area (TPSA) is 38.7 Å². The summed E-state index contributed by atoms with van der Waals surface area (Å²) in [5, 5.41) is 10.3. The first-order valence-corrected chi connectivity index (χ1v) is 12.1. The van der Waals surface area contributed by atoms with Gasteiger partial charge in [0.15, 0.2) is 8.32 Å². The predicted octanol–water partition coefficient (Wildman–Crippen LogP) is 5.31. The Kier molecular flexibility index (Phi) is 9.07. The Hall–Kier alpha value is -0.943. The Morgan fingerprint density at radius 2 is 1.84 bits per heavy atom. The van der Waals surface area contributed by atoms with E-state index >= 15 is 0 Å². The van der Waals surface area contributed by atoms with Gasteiger partial charge in [-0.2, -0.15) is 0 Å². The third kappa shape index (κ3) is 8.32. The summed E-state index contributed by atoms with van der Waals surface area (Å²) in [6.07, 6.45) is 3.33. The fourth-order valence-electron chi connectivity index (χ4n) is 2.31. The summed E-state index contributed by atoms with van der Waals surface area (Å²) >= 11 is 0. The number of hydrogen-bond donors (Lipinski definition) is 1. The van der Waals surface area contributed by atoms with E-state index in [4.69, 9.17) is 9.16 Å². The maximum atomic E-state index is 10.1. The van der Waals surface area contributed by atoms with Gasteiger partial charge in [-0.05, 0) is 43.0 Å². The van der Waals surface area contributed by atoms with Crippen molar-refractivity contribution in [3.05, 3.63) is 48.6 Å². The Bertz CT molecular complexity index is 494. The van der Waals surface area contributed by atoms with E-state index in [2.05, 4.69) is 52.6 Å². The molecule has 2 atom stereocenters. The zero-order chi connectivity index (χ0) is 18.9. The molecule has 0 fully saturated rings. The molecule has 0 bridgehead atoms. The highest BCUT2D eigenvalue weighted by molar-refractivity contribution is 6.74. The fraction of sp³-hybridized carbons (Fsp3) is 0.619. The third-order valence-corrected chi connectivity index (χ3v) is 9.55. The summed E-state index contributed by atoms with van der Waals surface area (Å²) in [7, 11) is -1.75. The summed E-state index contributed by atoms with van der Waals surface area (Å²) in [5.41, 5.74) is 1.15. The molecule has 0 aliphatic heterocycles. The summed E-state index contributed by atoms with van der Waals surface area (Å²) in [6, 6.07) is 10.1. The van der Waals surface area contributed by atoms with Gasteiger partial charge in [0.25, 0.3) is 0 Å². The Labute approximate surface area is 155 Å². The lowest BCUT2D eigenvalue weighted by Crippen LogP contribution is -2.41. The first-order valence-electron chi connectivity index (χ1n) is 9.24. The van der Waals surface area contributed by atoms with E-state index in [-0.39, 0.29) is 11.1 Å². The largest absolute Gasteiger partial charge is 0.417 e. The first kappa shape index (κ1) is 22.1. The van der Waals surface area contributed by atoms with Gasteiger partial charge in [-0.15, -0.1) is 6.58 Å². The van der Waals surface area contributed by atoms with E-state index in [0.29, 0.717) is 26.1 Å². The van der Waals surface area contributed by atoms with E-state index in [1.54, 1.807) is 6.08 Å². The normalized spacial score (nSPS) is 15.0. The van der Waals surface area contributed by atoms with E-state index < -0.39 is 14.4 Å². The molecule has 25 heavy (non-hydrogen) atoms. The van der Waals surface area contributed by atoms with E-state index in [0.717, 1.165) is 12.0 Å². The molecule has 0 aliphatic carbocycles. The van der Waals surface area contributed by atoms with Crippen LogP contribution in [0, 0.1) is 0 Å². The number of aliphatic hydroxyl groups excluding tert-OH is 1. The van der Waals surface area contributed by atoms with Crippen LogP contribution in [0.1, 0.15) is 45.6 Å². The van der Waals surface area contributed by atoms with Crippen LogP contribution in [-0.4, -0.2) is 32.2 Å². The monoisotopic (exact) mass is 364 g/mol. The average molecular weight is 365 g/mol. The van der Waals surface area contributed by atoms with Crippen LogP contribution in [0.25, 0.3) is 0 Å². The van der Waals surface area contributed by atoms with Gasteiger partial charge < -0.3 is 14.3 Å². The Balaban J connectivity index is 2.57. The summed E-state index contributed by atoms with van der Waals surface area (Å²) in [5.74, 6) is 0. The molecule has 4 heteroatoms. The molecule has 1 rings (SSSR count). The lowest BCUT2D eigenvalue weighted by molar-refractivity contribution is -0.00690. The molecule has 0 aliphatic rings. The van der Waals surface area contributed by atoms with Crippen LogP contribution in [0.15, 0.2) is 43.0 Å². The van der Waals surface area contributed by atoms with Crippen LogP contribution in [0.2, 0.25) is 18.1 Å². The van der Waals surface area contributed by atoms with Crippen molar-refractivity contribution in [1.82, 2.24) is 0 Å². The lowest BCUT2D eigenvalue weighted by atomic mass is 10.1. The number of benzene rings is 1. The summed E-state index contributed by atoms with van der Waals surface area (Å²) < 4.78 is 12.4. The maximum Gasteiger partial charge on any atom is 0.191 e. The molecule has 0 aromatic heterocycles.